The van der Waals surface area contributed by atoms with Crippen LogP contribution >= 0.6 is 11.3 Å². The van der Waals surface area contributed by atoms with Crippen LogP contribution in [0.1, 0.15) is 42.4 Å². The number of nitrogens with zero attached hydrogens (tertiary/aromatic N) is 3. The highest BCUT2D eigenvalue weighted by Crippen LogP contribution is 2.35. The van der Waals surface area contributed by atoms with Gasteiger partial charge in [-0.2, -0.15) is 0 Å². The number of hydrogen-bond donors (Lipinski definition) is 0. The predicted molar refractivity (Wildman–Crippen MR) is 96.2 cm³/mol. The average Bonchev–Trinajstić information content (AvgIpc) is 3.21. The van der Waals surface area contributed by atoms with Crippen LogP contribution in [0.15, 0.2) is 35.8 Å². The SMILES string of the molecule is Cc1nc([C@H]2CCCCN2C(=O)Cc2ccc(F)cc2)c2sccn12. The van der Waals surface area contributed by atoms with Crippen molar-refractivity contribution in [3.05, 3.63) is 58.7 Å². The smallest absolute Gasteiger partial charge is 0.227 e. The number of piperidine rings is 1. The molecule has 1 aliphatic rings. The third-order valence-corrected chi connectivity index (χ3v) is 5.75. The molecule has 0 aliphatic carbocycles. The van der Waals surface area contributed by atoms with Crippen LogP contribution in [0.5, 0.6) is 0 Å². The van der Waals surface area contributed by atoms with Gasteiger partial charge in [0.25, 0.3) is 0 Å². The topological polar surface area (TPSA) is 37.6 Å². The molecule has 1 aromatic carbocycles. The Labute approximate surface area is 149 Å². The number of carbonyl (C=O) groups is 1. The lowest BCUT2D eigenvalue weighted by Crippen LogP contribution is -2.39. The van der Waals surface area contributed by atoms with Crippen LogP contribution in [0.4, 0.5) is 4.39 Å². The normalized spacial score (nSPS) is 18.0. The Hall–Kier alpha value is -2.21. The van der Waals surface area contributed by atoms with Crippen molar-refractivity contribution >= 4 is 22.1 Å². The van der Waals surface area contributed by atoms with Gasteiger partial charge in [0.2, 0.25) is 5.91 Å². The van der Waals surface area contributed by atoms with Crippen molar-refractivity contribution in [2.75, 3.05) is 6.54 Å². The van der Waals surface area contributed by atoms with E-state index in [2.05, 4.69) is 9.78 Å². The molecule has 0 spiro atoms. The third-order valence-electron chi connectivity index (χ3n) is 4.87. The molecule has 1 fully saturated rings. The summed E-state index contributed by atoms with van der Waals surface area (Å²) in [4.78, 5) is 20.8. The minimum absolute atomic E-state index is 0.0315. The van der Waals surface area contributed by atoms with Gasteiger partial charge >= 0.3 is 0 Å². The van der Waals surface area contributed by atoms with E-state index in [1.807, 2.05) is 18.0 Å². The molecule has 1 aliphatic heterocycles. The van der Waals surface area contributed by atoms with E-state index in [0.717, 1.165) is 47.7 Å². The summed E-state index contributed by atoms with van der Waals surface area (Å²) in [5.74, 6) is 0.773. The molecule has 130 valence electrons. The van der Waals surface area contributed by atoms with Gasteiger partial charge in [-0.3, -0.25) is 9.20 Å². The largest absolute Gasteiger partial charge is 0.334 e. The van der Waals surface area contributed by atoms with E-state index in [9.17, 15) is 9.18 Å². The van der Waals surface area contributed by atoms with E-state index in [1.54, 1.807) is 23.5 Å². The zero-order valence-corrected chi connectivity index (χ0v) is 14.9. The second kappa shape index (κ2) is 6.59. The molecule has 3 aromatic rings. The van der Waals surface area contributed by atoms with Gasteiger partial charge in [0.15, 0.2) is 0 Å². The van der Waals surface area contributed by atoms with Crippen molar-refractivity contribution in [2.45, 2.75) is 38.6 Å². The first-order valence-electron chi connectivity index (χ1n) is 8.59. The van der Waals surface area contributed by atoms with Crippen LogP contribution in [-0.2, 0) is 11.2 Å². The van der Waals surface area contributed by atoms with Gasteiger partial charge in [0.05, 0.1) is 18.2 Å². The van der Waals surface area contributed by atoms with E-state index in [0.29, 0.717) is 6.42 Å². The maximum absolute atomic E-state index is 13.1. The summed E-state index contributed by atoms with van der Waals surface area (Å²) in [6, 6.07) is 6.22. The first-order valence-corrected chi connectivity index (χ1v) is 9.47. The summed E-state index contributed by atoms with van der Waals surface area (Å²) >= 11 is 1.67. The average molecular weight is 357 g/mol. The fourth-order valence-electron chi connectivity index (χ4n) is 3.60. The lowest BCUT2D eigenvalue weighted by molar-refractivity contribution is -0.134. The van der Waals surface area contributed by atoms with Gasteiger partial charge in [0, 0.05) is 18.1 Å². The Morgan fingerprint density at radius 1 is 1.32 bits per heavy atom. The molecule has 4 rings (SSSR count). The Morgan fingerprint density at radius 2 is 2.12 bits per heavy atom. The summed E-state index contributed by atoms with van der Waals surface area (Å²) in [6.07, 6.45) is 5.40. The zero-order chi connectivity index (χ0) is 17.4. The molecular formula is C19H20FN3OS. The summed E-state index contributed by atoms with van der Waals surface area (Å²) < 4.78 is 15.2. The first kappa shape index (κ1) is 16.3. The Bertz CT molecular complexity index is 899. The number of aryl methyl sites for hydroxylation is 1. The molecule has 1 saturated heterocycles. The number of carbonyl (C=O) groups excluding carboxylic acids is 1. The molecule has 1 atom stereocenters. The fourth-order valence-corrected chi connectivity index (χ4v) is 4.53. The van der Waals surface area contributed by atoms with Crippen molar-refractivity contribution in [2.24, 2.45) is 0 Å². The molecule has 25 heavy (non-hydrogen) atoms. The van der Waals surface area contributed by atoms with Crippen molar-refractivity contribution < 1.29 is 9.18 Å². The Kier molecular flexibility index (Phi) is 4.29. The number of thiazole rings is 1. The number of benzene rings is 1. The summed E-state index contributed by atoms with van der Waals surface area (Å²) in [7, 11) is 0. The van der Waals surface area contributed by atoms with E-state index in [4.69, 9.17) is 4.98 Å². The summed E-state index contributed by atoms with van der Waals surface area (Å²) in [5.41, 5.74) is 1.86. The monoisotopic (exact) mass is 357 g/mol. The number of halogens is 1. The number of likely N-dealkylation sites (tertiary alicyclic amines) is 1. The maximum atomic E-state index is 13.1. The predicted octanol–water partition coefficient (Wildman–Crippen LogP) is 4.14. The molecule has 0 radical (unpaired) electrons. The number of fused-ring (bicyclic) bond motifs is 1. The zero-order valence-electron chi connectivity index (χ0n) is 14.1. The van der Waals surface area contributed by atoms with E-state index in [-0.39, 0.29) is 17.8 Å². The van der Waals surface area contributed by atoms with Crippen LogP contribution < -0.4 is 0 Å². The molecule has 0 N–H and O–H groups in total. The van der Waals surface area contributed by atoms with E-state index in [1.165, 1.54) is 12.1 Å². The van der Waals surface area contributed by atoms with Crippen LogP contribution in [0.3, 0.4) is 0 Å². The molecular weight excluding hydrogens is 337 g/mol. The van der Waals surface area contributed by atoms with E-state index >= 15 is 0 Å². The lowest BCUT2D eigenvalue weighted by Gasteiger charge is -2.35. The molecule has 6 heteroatoms. The van der Waals surface area contributed by atoms with Gasteiger partial charge in [0.1, 0.15) is 16.5 Å². The standard InChI is InChI=1S/C19H20FN3OS/c1-13-21-18(19-22(13)10-11-25-19)16-4-2-3-9-23(16)17(24)12-14-5-7-15(20)8-6-14/h5-8,10-11,16H,2-4,9,12H2,1H3/t16-/m1/s1. The van der Waals surface area contributed by atoms with Crippen LogP contribution in [-0.4, -0.2) is 26.7 Å². The van der Waals surface area contributed by atoms with Crippen molar-refractivity contribution in [1.82, 2.24) is 14.3 Å². The molecule has 3 heterocycles. The van der Waals surface area contributed by atoms with Crippen molar-refractivity contribution in [1.29, 1.82) is 0 Å². The Balaban J connectivity index is 1.61. The first-order chi connectivity index (χ1) is 12.1. The van der Waals surface area contributed by atoms with Crippen molar-refractivity contribution in [3.63, 3.8) is 0 Å². The maximum Gasteiger partial charge on any atom is 0.227 e. The minimum atomic E-state index is -0.277. The Morgan fingerprint density at radius 3 is 2.92 bits per heavy atom. The number of aromatic nitrogens is 2. The van der Waals surface area contributed by atoms with Crippen molar-refractivity contribution in [3.8, 4) is 0 Å². The molecule has 0 saturated carbocycles. The van der Waals surface area contributed by atoms with Gasteiger partial charge in [-0.25, -0.2) is 9.37 Å². The van der Waals surface area contributed by atoms with Gasteiger partial charge < -0.3 is 4.90 Å². The van der Waals surface area contributed by atoms with Crippen LogP contribution in [0.25, 0.3) is 4.83 Å². The molecule has 2 aromatic heterocycles. The molecule has 4 nitrogen and oxygen atoms in total. The quantitative estimate of drug-likeness (QED) is 0.706. The second-order valence-corrected chi connectivity index (χ2v) is 7.42. The fraction of sp³-hybridized carbons (Fsp3) is 0.368. The van der Waals surface area contributed by atoms with E-state index < -0.39 is 0 Å². The van der Waals surface area contributed by atoms with Gasteiger partial charge in [-0.15, -0.1) is 11.3 Å². The van der Waals surface area contributed by atoms with Gasteiger partial charge in [-0.05, 0) is 43.9 Å². The molecule has 0 bridgehead atoms. The number of hydrogen-bond acceptors (Lipinski definition) is 3. The summed E-state index contributed by atoms with van der Waals surface area (Å²) in [5, 5.41) is 2.06. The van der Waals surface area contributed by atoms with Crippen LogP contribution in [0.2, 0.25) is 0 Å². The van der Waals surface area contributed by atoms with Crippen LogP contribution in [0, 0.1) is 12.7 Å². The van der Waals surface area contributed by atoms with Gasteiger partial charge in [-0.1, -0.05) is 12.1 Å². The highest BCUT2D eigenvalue weighted by atomic mass is 32.1. The molecule has 0 unspecified atom stereocenters. The highest BCUT2D eigenvalue weighted by molar-refractivity contribution is 7.15. The number of rotatable bonds is 3. The minimum Gasteiger partial charge on any atom is -0.334 e. The number of amides is 1. The second-order valence-electron chi connectivity index (χ2n) is 6.52. The molecule has 1 amide bonds. The summed E-state index contributed by atoms with van der Waals surface area (Å²) in [6.45, 7) is 2.75. The third kappa shape index (κ3) is 3.06. The number of imidazole rings is 1. The lowest BCUT2D eigenvalue weighted by atomic mass is 9.98. The highest BCUT2D eigenvalue weighted by Gasteiger charge is 2.31.